The topological polar surface area (TPSA) is 134 Å². The molecular formula is C27H23F2N7O2S. The highest BCUT2D eigenvalue weighted by Crippen LogP contribution is 2.46. The van der Waals surface area contributed by atoms with Crippen LogP contribution in [0, 0.1) is 23.0 Å². The van der Waals surface area contributed by atoms with Gasteiger partial charge in [0, 0.05) is 18.0 Å². The van der Waals surface area contributed by atoms with Gasteiger partial charge in [0.2, 0.25) is 10.0 Å². The molecule has 5 rings (SSSR count). The van der Waals surface area contributed by atoms with Gasteiger partial charge in [0.15, 0.2) is 11.6 Å². The molecule has 0 bridgehead atoms. The van der Waals surface area contributed by atoms with E-state index in [-0.39, 0.29) is 28.6 Å². The number of pyridine rings is 1. The average molecular weight is 548 g/mol. The second kappa shape index (κ2) is 9.74. The minimum atomic E-state index is -3.62. The van der Waals surface area contributed by atoms with Gasteiger partial charge in [0.1, 0.15) is 17.7 Å². The molecule has 9 nitrogen and oxygen atoms in total. The number of halogens is 2. The lowest BCUT2D eigenvalue weighted by Crippen LogP contribution is -2.33. The Morgan fingerprint density at radius 1 is 1.13 bits per heavy atom. The Hall–Kier alpha value is -4.37. The van der Waals surface area contributed by atoms with Crippen molar-refractivity contribution in [3.8, 4) is 28.7 Å². The second-order valence-electron chi connectivity index (χ2n) is 9.77. The fourth-order valence-electron chi connectivity index (χ4n) is 4.84. The Labute approximate surface area is 224 Å². The lowest BCUT2D eigenvalue weighted by atomic mass is 9.69. The summed E-state index contributed by atoms with van der Waals surface area (Å²) in [5.74, 6) is -1.13. The maximum absolute atomic E-state index is 14.5. The fourth-order valence-corrected chi connectivity index (χ4v) is 5.35. The molecule has 1 aliphatic carbocycles. The van der Waals surface area contributed by atoms with Crippen LogP contribution in [0.2, 0.25) is 0 Å². The average Bonchev–Trinajstić information content (AvgIpc) is 2.90. The van der Waals surface area contributed by atoms with E-state index in [4.69, 9.17) is 4.98 Å². The van der Waals surface area contributed by atoms with E-state index in [1.165, 1.54) is 30.5 Å². The van der Waals surface area contributed by atoms with Gasteiger partial charge in [-0.15, -0.1) is 5.10 Å². The van der Waals surface area contributed by atoms with Crippen LogP contribution >= 0.6 is 0 Å². The summed E-state index contributed by atoms with van der Waals surface area (Å²) in [7, 11) is -3.62. The number of fused-ring (bicyclic) bond motifs is 1. The fraction of sp³-hybridized carbons (Fsp3) is 0.259. The minimum Gasteiger partial charge on any atom is -0.266 e. The van der Waals surface area contributed by atoms with Gasteiger partial charge in [-0.3, -0.25) is 4.72 Å². The third-order valence-electron chi connectivity index (χ3n) is 6.94. The Morgan fingerprint density at radius 3 is 2.56 bits per heavy atom. The molecule has 0 aliphatic heterocycles. The lowest BCUT2D eigenvalue weighted by Gasteiger charge is -2.36. The van der Waals surface area contributed by atoms with Crippen LogP contribution in [0.5, 0.6) is 0 Å². The summed E-state index contributed by atoms with van der Waals surface area (Å²) in [6.45, 7) is 4.02. The van der Waals surface area contributed by atoms with Crippen LogP contribution in [-0.2, 0) is 15.4 Å². The largest absolute Gasteiger partial charge is 0.266 e. The summed E-state index contributed by atoms with van der Waals surface area (Å²) < 4.78 is 54.4. The number of benzene rings is 1. The maximum Gasteiger partial charge on any atom is 0.231 e. The molecule has 0 amide bonds. The number of rotatable bonds is 5. The van der Waals surface area contributed by atoms with Gasteiger partial charge >= 0.3 is 0 Å². The van der Waals surface area contributed by atoms with Crippen LogP contribution in [0.3, 0.4) is 0 Å². The molecule has 3 aromatic heterocycles. The summed E-state index contributed by atoms with van der Waals surface area (Å²) in [5.41, 5.74) is 1.83. The van der Waals surface area contributed by atoms with Gasteiger partial charge in [-0.25, -0.2) is 32.2 Å². The number of hydrogen-bond acceptors (Lipinski definition) is 8. The lowest BCUT2D eigenvalue weighted by molar-refractivity contribution is 0.404. The van der Waals surface area contributed by atoms with E-state index >= 15 is 0 Å². The highest BCUT2D eigenvalue weighted by atomic mass is 32.2. The van der Waals surface area contributed by atoms with Crippen molar-refractivity contribution in [2.45, 2.75) is 38.0 Å². The van der Waals surface area contributed by atoms with E-state index in [0.29, 0.717) is 29.2 Å². The van der Waals surface area contributed by atoms with Crippen LogP contribution in [0.1, 0.15) is 55.1 Å². The molecule has 0 fully saturated rings. The summed E-state index contributed by atoms with van der Waals surface area (Å²) in [6, 6.07) is 10.6. The van der Waals surface area contributed by atoms with Gasteiger partial charge in [-0.05, 0) is 61.6 Å². The van der Waals surface area contributed by atoms with Crippen molar-refractivity contribution in [1.82, 2.24) is 25.1 Å². The Morgan fingerprint density at radius 2 is 1.87 bits per heavy atom. The maximum atomic E-state index is 14.5. The first kappa shape index (κ1) is 26.2. The molecule has 1 aliphatic rings. The molecule has 1 aromatic carbocycles. The molecule has 1 N–H and O–H groups in total. The molecule has 0 radical (unpaired) electrons. The van der Waals surface area contributed by atoms with Gasteiger partial charge in [0.05, 0.1) is 39.9 Å². The zero-order chi connectivity index (χ0) is 27.9. The molecule has 3 heterocycles. The number of nitrogens with one attached hydrogen (secondary N) is 1. The van der Waals surface area contributed by atoms with Crippen molar-refractivity contribution >= 4 is 15.8 Å². The molecule has 2 atom stereocenters. The first-order chi connectivity index (χ1) is 18.5. The van der Waals surface area contributed by atoms with Crippen LogP contribution in [-0.4, -0.2) is 39.8 Å². The number of aromatic nitrogens is 5. The predicted octanol–water partition coefficient (Wildman–Crippen LogP) is 4.72. The predicted molar refractivity (Wildman–Crippen MR) is 140 cm³/mol. The zero-order valence-corrected chi connectivity index (χ0v) is 22.1. The Balaban J connectivity index is 1.57. The number of sulfonamides is 1. The van der Waals surface area contributed by atoms with E-state index in [9.17, 15) is 22.5 Å². The minimum absolute atomic E-state index is 0.0220. The Bertz CT molecular complexity index is 1740. The van der Waals surface area contributed by atoms with Crippen LogP contribution < -0.4 is 4.72 Å². The molecule has 12 heteroatoms. The van der Waals surface area contributed by atoms with E-state index < -0.39 is 27.1 Å². The van der Waals surface area contributed by atoms with Crippen molar-refractivity contribution < 1.29 is 17.2 Å². The standard InChI is InChI=1S/C27H23F2N7O2S/c1-15-7-9-27(2,24-18(15)12-21(34-35-24)23-19(28)5-4-6-20(23)29)22-8-10-31-25(33-22)17-11-16(13-30)26(32-14-17)36-39(3,37)38/h4-6,8,10-12,14-15H,7,9H2,1-3H3,(H,32,36)/t15-,27+/m0/s1. The van der Waals surface area contributed by atoms with Gasteiger partial charge in [0.25, 0.3) is 0 Å². The van der Waals surface area contributed by atoms with Gasteiger partial charge < -0.3 is 0 Å². The van der Waals surface area contributed by atoms with Crippen molar-refractivity contribution in [1.29, 1.82) is 5.26 Å². The quantitative estimate of drug-likeness (QED) is 0.379. The molecular weight excluding hydrogens is 524 g/mol. The third-order valence-corrected chi connectivity index (χ3v) is 7.51. The molecule has 198 valence electrons. The van der Waals surface area contributed by atoms with E-state index in [1.54, 1.807) is 18.3 Å². The first-order valence-corrected chi connectivity index (χ1v) is 13.9. The smallest absolute Gasteiger partial charge is 0.231 e. The third kappa shape index (κ3) is 4.93. The van der Waals surface area contributed by atoms with E-state index in [2.05, 4.69) is 24.9 Å². The van der Waals surface area contributed by atoms with Crippen molar-refractivity contribution in [2.24, 2.45) is 0 Å². The summed E-state index contributed by atoms with van der Waals surface area (Å²) in [5, 5.41) is 18.2. The first-order valence-electron chi connectivity index (χ1n) is 12.0. The van der Waals surface area contributed by atoms with Gasteiger partial charge in [-0.1, -0.05) is 13.0 Å². The normalized spacial score (nSPS) is 18.7. The molecule has 0 spiro atoms. The molecule has 4 aromatic rings. The Kier molecular flexibility index (Phi) is 6.56. The summed E-state index contributed by atoms with van der Waals surface area (Å²) in [6.07, 6.45) is 5.42. The van der Waals surface area contributed by atoms with Crippen LogP contribution in [0.4, 0.5) is 14.6 Å². The number of hydrogen-bond donors (Lipinski definition) is 1. The van der Waals surface area contributed by atoms with Gasteiger partial charge in [-0.2, -0.15) is 10.4 Å². The molecule has 0 saturated heterocycles. The van der Waals surface area contributed by atoms with Crippen LogP contribution in [0.15, 0.2) is 48.8 Å². The van der Waals surface area contributed by atoms with Crippen molar-refractivity contribution in [2.75, 3.05) is 11.0 Å². The zero-order valence-electron chi connectivity index (χ0n) is 21.3. The number of nitriles is 1. The SMILES string of the molecule is C[C@H]1CC[C@](C)(c2ccnc(-c3cnc(NS(C)(=O)=O)c(C#N)c3)n2)c2nnc(-c3c(F)cccc3F)cc21. The van der Waals surface area contributed by atoms with E-state index in [1.807, 2.05) is 19.9 Å². The summed E-state index contributed by atoms with van der Waals surface area (Å²) >= 11 is 0. The van der Waals surface area contributed by atoms with E-state index in [0.717, 1.165) is 18.2 Å². The monoisotopic (exact) mass is 547 g/mol. The molecule has 0 unspecified atom stereocenters. The highest BCUT2D eigenvalue weighted by Gasteiger charge is 2.40. The number of anilines is 1. The highest BCUT2D eigenvalue weighted by molar-refractivity contribution is 7.92. The van der Waals surface area contributed by atoms with Crippen molar-refractivity contribution in [3.63, 3.8) is 0 Å². The molecule has 39 heavy (non-hydrogen) atoms. The van der Waals surface area contributed by atoms with Crippen LogP contribution in [0.25, 0.3) is 22.6 Å². The summed E-state index contributed by atoms with van der Waals surface area (Å²) in [4.78, 5) is 13.2. The second-order valence-corrected chi connectivity index (χ2v) is 11.5. The van der Waals surface area contributed by atoms with Crippen molar-refractivity contribution in [3.05, 3.63) is 82.9 Å². The number of nitrogens with zero attached hydrogens (tertiary/aromatic N) is 6. The molecule has 0 saturated carbocycles.